The Bertz CT molecular complexity index is 2640. The second kappa shape index (κ2) is 16.2. The van der Waals surface area contributed by atoms with Gasteiger partial charge in [-0.1, -0.05) is 24.3 Å². The summed E-state index contributed by atoms with van der Waals surface area (Å²) in [4.78, 5) is 42.2. The van der Waals surface area contributed by atoms with Crippen molar-refractivity contribution in [2.24, 2.45) is 0 Å². The molecule has 0 spiro atoms. The van der Waals surface area contributed by atoms with Gasteiger partial charge >= 0.3 is 11.9 Å². The van der Waals surface area contributed by atoms with E-state index >= 15 is 0 Å². The van der Waals surface area contributed by atoms with Crippen LogP contribution in [0, 0.1) is 19.1 Å². The number of piperazine rings is 1. The SMILES string of the molecule is O=C(Nc1cccc(-n2c(=S)[nH][nH]c2=S)c1)c1cccc(N2CCN(c3cccc(OCNc4cccc(-n5c(=S)[nH][nH]c5=S)c4)c3)C(C(=O)O)C2C(=O)O)c1. The van der Waals surface area contributed by atoms with E-state index < -0.39 is 29.9 Å². The lowest BCUT2D eigenvalue weighted by Gasteiger charge is -2.45. The number of carboxylic acid groups (broad SMARTS) is 2. The number of hydrogen-bond donors (Lipinski definition) is 8. The highest BCUT2D eigenvalue weighted by Gasteiger charge is 2.46. The normalized spacial score (nSPS) is 15.3. The van der Waals surface area contributed by atoms with E-state index in [0.29, 0.717) is 47.6 Å². The highest BCUT2D eigenvalue weighted by molar-refractivity contribution is 7.72. The molecular formula is C36H32N10O6S4. The van der Waals surface area contributed by atoms with Gasteiger partial charge in [0, 0.05) is 47.5 Å². The number of hydrogen-bond acceptors (Lipinski definition) is 11. The smallest absolute Gasteiger partial charge is 0.329 e. The van der Waals surface area contributed by atoms with Gasteiger partial charge in [-0.3, -0.25) is 34.3 Å². The fourth-order valence-electron chi connectivity index (χ4n) is 6.50. The highest BCUT2D eigenvalue weighted by Crippen LogP contribution is 2.32. The predicted molar refractivity (Wildman–Crippen MR) is 220 cm³/mol. The van der Waals surface area contributed by atoms with Gasteiger partial charge in [0.25, 0.3) is 5.91 Å². The van der Waals surface area contributed by atoms with Crippen molar-refractivity contribution in [3.8, 4) is 17.1 Å². The number of carbonyl (C=O) groups is 3. The number of H-pyrrole nitrogens is 4. The summed E-state index contributed by atoms with van der Waals surface area (Å²) in [6.07, 6.45) is 0. The summed E-state index contributed by atoms with van der Waals surface area (Å²) in [6.45, 7) is 0.368. The van der Waals surface area contributed by atoms with E-state index in [1.54, 1.807) is 81.9 Å². The van der Waals surface area contributed by atoms with Crippen molar-refractivity contribution >= 4 is 89.5 Å². The van der Waals surface area contributed by atoms with E-state index in [4.69, 9.17) is 53.6 Å². The van der Waals surface area contributed by atoms with Crippen molar-refractivity contribution in [2.75, 3.05) is 40.3 Å². The minimum Gasteiger partial charge on any atom is -0.480 e. The first-order valence-electron chi connectivity index (χ1n) is 16.9. The summed E-state index contributed by atoms with van der Waals surface area (Å²) < 4.78 is 10.8. The third-order valence-electron chi connectivity index (χ3n) is 8.99. The van der Waals surface area contributed by atoms with Gasteiger partial charge in [0.2, 0.25) is 0 Å². The molecule has 1 aliphatic rings. The number of carbonyl (C=O) groups excluding carboxylic acids is 1. The molecule has 20 heteroatoms. The fourth-order valence-corrected chi connectivity index (χ4v) is 7.61. The third kappa shape index (κ3) is 7.89. The summed E-state index contributed by atoms with van der Waals surface area (Å²) in [6, 6.07) is 24.6. The molecule has 16 nitrogen and oxygen atoms in total. The van der Waals surface area contributed by atoms with Crippen LogP contribution < -0.4 is 25.2 Å². The monoisotopic (exact) mass is 828 g/mol. The number of aromatic amines is 4. The Morgan fingerprint density at radius 3 is 1.64 bits per heavy atom. The van der Waals surface area contributed by atoms with Crippen LogP contribution in [0.15, 0.2) is 97.1 Å². The quantitative estimate of drug-likeness (QED) is 0.0496. The molecule has 8 N–H and O–H groups in total. The Morgan fingerprint density at radius 2 is 1.09 bits per heavy atom. The van der Waals surface area contributed by atoms with Gasteiger partial charge in [0.05, 0.1) is 11.4 Å². The molecule has 0 bridgehead atoms. The number of ether oxygens (including phenoxy) is 1. The van der Waals surface area contributed by atoms with Crippen molar-refractivity contribution in [1.29, 1.82) is 0 Å². The number of anilines is 4. The Balaban J connectivity index is 1.06. The summed E-state index contributed by atoms with van der Waals surface area (Å²) in [5.74, 6) is -2.69. The average molecular weight is 829 g/mol. The third-order valence-corrected chi connectivity index (χ3v) is 10.1. The van der Waals surface area contributed by atoms with Crippen LogP contribution in [0.4, 0.5) is 22.7 Å². The van der Waals surface area contributed by atoms with Crippen molar-refractivity contribution in [3.05, 3.63) is 122 Å². The maximum atomic E-state index is 13.4. The molecule has 0 aliphatic carbocycles. The molecule has 2 unspecified atom stereocenters. The number of rotatable bonds is 12. The molecule has 7 rings (SSSR count). The average Bonchev–Trinajstić information content (AvgIpc) is 3.72. The van der Waals surface area contributed by atoms with Gasteiger partial charge in [-0.05, 0) is 116 Å². The van der Waals surface area contributed by atoms with Crippen LogP contribution in [0.3, 0.4) is 0 Å². The van der Waals surface area contributed by atoms with Crippen LogP contribution in [0.5, 0.6) is 5.75 Å². The van der Waals surface area contributed by atoms with E-state index in [-0.39, 0.29) is 25.4 Å². The zero-order valence-corrected chi connectivity index (χ0v) is 32.2. The van der Waals surface area contributed by atoms with Crippen LogP contribution in [-0.4, -0.2) is 89.5 Å². The summed E-state index contributed by atoms with van der Waals surface area (Å²) in [5, 5.41) is 38.2. The number of aliphatic carboxylic acids is 2. The Labute approximate surface area is 338 Å². The van der Waals surface area contributed by atoms with Gasteiger partial charge < -0.3 is 35.4 Å². The molecule has 1 amide bonds. The lowest BCUT2D eigenvalue weighted by molar-refractivity contribution is -0.147. The Kier molecular flexibility index (Phi) is 11.0. The van der Waals surface area contributed by atoms with Crippen molar-refractivity contribution in [3.63, 3.8) is 0 Å². The highest BCUT2D eigenvalue weighted by atomic mass is 32.1. The Hall–Kier alpha value is -6.35. The van der Waals surface area contributed by atoms with Gasteiger partial charge in [-0.2, -0.15) is 0 Å². The molecule has 56 heavy (non-hydrogen) atoms. The molecule has 0 saturated carbocycles. The van der Waals surface area contributed by atoms with Crippen molar-refractivity contribution in [1.82, 2.24) is 29.5 Å². The lowest BCUT2D eigenvalue weighted by atomic mass is 9.98. The van der Waals surface area contributed by atoms with Crippen LogP contribution >= 0.6 is 48.9 Å². The molecule has 286 valence electrons. The van der Waals surface area contributed by atoms with E-state index in [2.05, 4.69) is 31.0 Å². The number of amides is 1. The molecule has 6 aromatic rings. The van der Waals surface area contributed by atoms with E-state index in [1.807, 2.05) is 24.3 Å². The first kappa shape index (κ1) is 37.9. The lowest BCUT2D eigenvalue weighted by Crippen LogP contribution is -2.65. The molecule has 0 radical (unpaired) electrons. The van der Waals surface area contributed by atoms with Crippen LogP contribution in [0.25, 0.3) is 11.4 Å². The second-order valence-electron chi connectivity index (χ2n) is 12.4. The zero-order chi connectivity index (χ0) is 39.5. The molecule has 1 fully saturated rings. The van der Waals surface area contributed by atoms with Gasteiger partial charge in [-0.25, -0.2) is 9.59 Å². The van der Waals surface area contributed by atoms with Crippen LogP contribution in [-0.2, 0) is 9.59 Å². The molecule has 3 heterocycles. The zero-order valence-electron chi connectivity index (χ0n) is 29.0. The minimum absolute atomic E-state index is 0.0666. The van der Waals surface area contributed by atoms with Crippen LogP contribution in [0.1, 0.15) is 10.4 Å². The largest absolute Gasteiger partial charge is 0.480 e. The number of carboxylic acids is 2. The molecule has 4 aromatic carbocycles. The minimum atomic E-state index is -1.51. The maximum Gasteiger partial charge on any atom is 0.329 e. The molecule has 1 saturated heterocycles. The Morgan fingerprint density at radius 1 is 0.625 bits per heavy atom. The van der Waals surface area contributed by atoms with Gasteiger partial charge in [0.15, 0.2) is 37.9 Å². The van der Waals surface area contributed by atoms with Crippen molar-refractivity contribution in [2.45, 2.75) is 12.1 Å². The molecule has 2 atom stereocenters. The van der Waals surface area contributed by atoms with E-state index in [9.17, 15) is 24.6 Å². The second-order valence-corrected chi connectivity index (χ2v) is 14.0. The number of nitrogens with one attached hydrogen (secondary N) is 6. The number of benzene rings is 4. The first-order chi connectivity index (χ1) is 27.0. The van der Waals surface area contributed by atoms with E-state index in [1.165, 1.54) is 9.80 Å². The topological polar surface area (TPSA) is 204 Å². The molecule has 1 aliphatic heterocycles. The fraction of sp³-hybridized carbons (Fsp3) is 0.139. The van der Waals surface area contributed by atoms with Gasteiger partial charge in [-0.15, -0.1) is 0 Å². The van der Waals surface area contributed by atoms with E-state index in [0.717, 1.165) is 11.4 Å². The number of nitrogens with zero attached hydrogens (tertiary/aromatic N) is 4. The molecular weight excluding hydrogens is 797 g/mol. The standard InChI is InChI=1S/C36H32N10O6S4/c47-30(38-22-7-3-11-26(17-22)46-35(55)41-42-36(46)56)20-5-1-8-23(15-20)43-13-14-44(29(32(50)51)28(43)31(48)49)24-9-4-12-27(18-24)52-19-37-21-6-2-10-25(16-21)45-33(53)39-40-34(45)54/h1-12,15-18,28-29,37H,13-14,19H2,(H,38,47)(H,39,53)(H,40,54)(H,41,55)(H,42,56)(H,48,49)(H,50,51). The predicted octanol–water partition coefficient (Wildman–Crippen LogP) is 6.43. The van der Waals surface area contributed by atoms with Crippen LogP contribution in [0.2, 0.25) is 0 Å². The summed E-state index contributed by atoms with van der Waals surface area (Å²) >= 11 is 21.2. The first-order valence-corrected chi connectivity index (χ1v) is 18.5. The molecule has 2 aromatic heterocycles. The summed E-state index contributed by atoms with van der Waals surface area (Å²) in [5.41, 5.74) is 3.67. The summed E-state index contributed by atoms with van der Waals surface area (Å²) in [7, 11) is 0. The van der Waals surface area contributed by atoms with Crippen molar-refractivity contribution < 1.29 is 29.3 Å². The van der Waals surface area contributed by atoms with Gasteiger partial charge in [0.1, 0.15) is 5.75 Å². The maximum absolute atomic E-state index is 13.4. The number of aromatic nitrogens is 6.